The first-order valence-corrected chi connectivity index (χ1v) is 5.40. The highest BCUT2D eigenvalue weighted by atomic mass is 15.0. The first kappa shape index (κ1) is 10.2. The van der Waals surface area contributed by atoms with Crippen molar-refractivity contribution in [3.63, 3.8) is 0 Å². The second-order valence-electron chi connectivity index (χ2n) is 3.95. The largest absolute Gasteiger partial charge is 0.327 e. The zero-order valence-electron chi connectivity index (χ0n) is 9.27. The van der Waals surface area contributed by atoms with E-state index in [-0.39, 0.29) is 6.04 Å². The van der Waals surface area contributed by atoms with Gasteiger partial charge < -0.3 is 10.1 Å². The van der Waals surface area contributed by atoms with Crippen molar-refractivity contribution in [2.75, 3.05) is 0 Å². The number of aromatic nitrogens is 2. The molecule has 0 aromatic carbocycles. The van der Waals surface area contributed by atoms with Crippen molar-refractivity contribution in [2.45, 2.75) is 32.7 Å². The molecule has 0 aliphatic rings. The molecule has 15 heavy (non-hydrogen) atoms. The number of aryl methyl sites for hydroxylation is 1. The molecule has 2 rings (SSSR count). The van der Waals surface area contributed by atoms with Gasteiger partial charge in [0.05, 0.1) is 5.69 Å². The van der Waals surface area contributed by atoms with Gasteiger partial charge in [0.2, 0.25) is 0 Å². The summed E-state index contributed by atoms with van der Waals surface area (Å²) in [6.45, 7) is 4.16. The number of hydrogen-bond acceptors (Lipinski definition) is 2. The van der Waals surface area contributed by atoms with Crippen molar-refractivity contribution in [2.24, 2.45) is 5.73 Å². The molecule has 2 aromatic rings. The van der Waals surface area contributed by atoms with E-state index < -0.39 is 0 Å². The van der Waals surface area contributed by atoms with Gasteiger partial charge in [0.1, 0.15) is 5.65 Å². The minimum absolute atomic E-state index is 0.226. The lowest BCUT2D eigenvalue weighted by atomic mass is 10.1. The molecule has 1 atom stereocenters. The molecular formula is C12H17N3. The summed E-state index contributed by atoms with van der Waals surface area (Å²) >= 11 is 0. The van der Waals surface area contributed by atoms with Crippen LogP contribution in [-0.4, -0.2) is 15.4 Å². The second-order valence-corrected chi connectivity index (χ2v) is 3.95. The van der Waals surface area contributed by atoms with Crippen LogP contribution in [0.4, 0.5) is 0 Å². The number of fused-ring (bicyclic) bond motifs is 1. The van der Waals surface area contributed by atoms with Crippen LogP contribution in [0.15, 0.2) is 24.4 Å². The quantitative estimate of drug-likeness (QED) is 0.828. The normalized spacial score (nSPS) is 13.3. The van der Waals surface area contributed by atoms with Crippen LogP contribution in [0.3, 0.4) is 0 Å². The topological polar surface area (TPSA) is 43.3 Å². The van der Waals surface area contributed by atoms with Gasteiger partial charge in [-0.2, -0.15) is 0 Å². The Morgan fingerprint density at radius 2 is 2.27 bits per heavy atom. The average Bonchev–Trinajstić information content (AvgIpc) is 2.55. The van der Waals surface area contributed by atoms with E-state index >= 15 is 0 Å². The highest BCUT2D eigenvalue weighted by Gasteiger charge is 2.10. The van der Waals surface area contributed by atoms with Gasteiger partial charge >= 0.3 is 0 Å². The van der Waals surface area contributed by atoms with E-state index in [1.807, 2.05) is 31.3 Å². The molecule has 0 amide bonds. The zero-order chi connectivity index (χ0) is 10.8. The third kappa shape index (κ3) is 1.88. The molecule has 2 heterocycles. The van der Waals surface area contributed by atoms with Crippen molar-refractivity contribution < 1.29 is 0 Å². The molecule has 0 bridgehead atoms. The fraction of sp³-hybridized carbons (Fsp3) is 0.417. The second kappa shape index (κ2) is 4.03. The van der Waals surface area contributed by atoms with Gasteiger partial charge in [0.25, 0.3) is 0 Å². The monoisotopic (exact) mass is 203 g/mol. The summed E-state index contributed by atoms with van der Waals surface area (Å²) in [5, 5.41) is 0. The van der Waals surface area contributed by atoms with Gasteiger partial charge in [-0.25, -0.2) is 4.98 Å². The van der Waals surface area contributed by atoms with Gasteiger partial charge in [-0.05, 0) is 25.5 Å². The van der Waals surface area contributed by atoms with Crippen molar-refractivity contribution in [1.82, 2.24) is 9.38 Å². The Balaban J connectivity index is 2.45. The van der Waals surface area contributed by atoms with Crippen LogP contribution >= 0.6 is 0 Å². The van der Waals surface area contributed by atoms with E-state index in [0.29, 0.717) is 0 Å². The molecule has 0 spiro atoms. The van der Waals surface area contributed by atoms with Crippen LogP contribution in [-0.2, 0) is 6.42 Å². The highest BCUT2D eigenvalue weighted by Crippen LogP contribution is 2.13. The highest BCUT2D eigenvalue weighted by molar-refractivity contribution is 5.42. The fourth-order valence-corrected chi connectivity index (χ4v) is 1.80. The first-order valence-electron chi connectivity index (χ1n) is 5.40. The molecule has 2 aromatic heterocycles. The Labute approximate surface area is 89.9 Å². The van der Waals surface area contributed by atoms with E-state index in [1.54, 1.807) is 0 Å². The number of pyridine rings is 1. The number of nitrogens with zero attached hydrogens (tertiary/aromatic N) is 2. The minimum Gasteiger partial charge on any atom is -0.327 e. The van der Waals surface area contributed by atoms with Gasteiger partial charge in [0.15, 0.2) is 0 Å². The standard InChI is InChI=1S/C12H17N3/c1-3-10(13)8-11-9(2)14-12-6-4-5-7-15(11)12/h4-7,10H,3,8,13H2,1-2H3. The maximum Gasteiger partial charge on any atom is 0.137 e. The van der Waals surface area contributed by atoms with Crippen LogP contribution in [0.2, 0.25) is 0 Å². The summed E-state index contributed by atoms with van der Waals surface area (Å²) in [5.74, 6) is 0. The minimum atomic E-state index is 0.226. The van der Waals surface area contributed by atoms with Crippen LogP contribution < -0.4 is 5.73 Å². The maximum atomic E-state index is 5.98. The van der Waals surface area contributed by atoms with Crippen molar-refractivity contribution >= 4 is 5.65 Å². The van der Waals surface area contributed by atoms with E-state index in [2.05, 4.69) is 16.3 Å². The van der Waals surface area contributed by atoms with Gasteiger partial charge in [-0.3, -0.25) is 0 Å². The Morgan fingerprint density at radius 3 is 3.00 bits per heavy atom. The summed E-state index contributed by atoms with van der Waals surface area (Å²) < 4.78 is 2.13. The molecule has 80 valence electrons. The molecule has 0 fully saturated rings. The summed E-state index contributed by atoms with van der Waals surface area (Å²) in [6, 6.07) is 6.28. The molecule has 0 aliphatic carbocycles. The Morgan fingerprint density at radius 1 is 1.47 bits per heavy atom. The smallest absolute Gasteiger partial charge is 0.137 e. The molecule has 1 unspecified atom stereocenters. The molecule has 3 nitrogen and oxygen atoms in total. The number of imidazole rings is 1. The summed E-state index contributed by atoms with van der Waals surface area (Å²) in [5.41, 5.74) is 9.31. The molecule has 0 radical (unpaired) electrons. The van der Waals surface area contributed by atoms with Crippen molar-refractivity contribution in [3.8, 4) is 0 Å². The Kier molecular flexibility index (Phi) is 2.73. The molecular weight excluding hydrogens is 186 g/mol. The van der Waals surface area contributed by atoms with E-state index in [9.17, 15) is 0 Å². The lowest BCUT2D eigenvalue weighted by molar-refractivity contribution is 0.631. The van der Waals surface area contributed by atoms with Crippen molar-refractivity contribution in [1.29, 1.82) is 0 Å². The number of hydrogen-bond donors (Lipinski definition) is 1. The van der Waals surface area contributed by atoms with Crippen LogP contribution in [0, 0.1) is 6.92 Å². The lowest BCUT2D eigenvalue weighted by Gasteiger charge is -2.08. The van der Waals surface area contributed by atoms with Crippen LogP contribution in [0.25, 0.3) is 5.65 Å². The average molecular weight is 203 g/mol. The Hall–Kier alpha value is -1.35. The van der Waals surface area contributed by atoms with Crippen LogP contribution in [0.5, 0.6) is 0 Å². The maximum absolute atomic E-state index is 5.98. The van der Waals surface area contributed by atoms with Gasteiger partial charge in [-0.15, -0.1) is 0 Å². The van der Waals surface area contributed by atoms with Gasteiger partial charge in [-0.1, -0.05) is 13.0 Å². The zero-order valence-corrected chi connectivity index (χ0v) is 9.27. The van der Waals surface area contributed by atoms with E-state index in [4.69, 9.17) is 5.73 Å². The third-order valence-corrected chi connectivity index (χ3v) is 2.81. The third-order valence-electron chi connectivity index (χ3n) is 2.81. The molecule has 2 N–H and O–H groups in total. The predicted octanol–water partition coefficient (Wildman–Crippen LogP) is 1.92. The summed E-state index contributed by atoms with van der Waals surface area (Å²) in [7, 11) is 0. The van der Waals surface area contributed by atoms with Crippen molar-refractivity contribution in [3.05, 3.63) is 35.8 Å². The fourth-order valence-electron chi connectivity index (χ4n) is 1.80. The van der Waals surface area contributed by atoms with Crippen LogP contribution in [0.1, 0.15) is 24.7 Å². The SMILES string of the molecule is CCC(N)Cc1c(C)nc2ccccn12. The molecule has 0 saturated heterocycles. The lowest BCUT2D eigenvalue weighted by Crippen LogP contribution is -2.22. The molecule has 0 saturated carbocycles. The molecule has 0 aliphatic heterocycles. The number of nitrogens with two attached hydrogens (primary N) is 1. The number of rotatable bonds is 3. The van der Waals surface area contributed by atoms with E-state index in [1.165, 1.54) is 5.69 Å². The summed E-state index contributed by atoms with van der Waals surface area (Å²) in [4.78, 5) is 4.51. The summed E-state index contributed by atoms with van der Waals surface area (Å²) in [6.07, 6.45) is 3.94. The predicted molar refractivity (Wildman–Crippen MR) is 61.9 cm³/mol. The Bertz CT molecular complexity index is 459. The van der Waals surface area contributed by atoms with Gasteiger partial charge in [0, 0.05) is 24.4 Å². The molecule has 3 heteroatoms. The van der Waals surface area contributed by atoms with E-state index in [0.717, 1.165) is 24.2 Å². The first-order chi connectivity index (χ1) is 7.22.